The summed E-state index contributed by atoms with van der Waals surface area (Å²) in [5.74, 6) is 1.69. The molecule has 0 saturated carbocycles. The van der Waals surface area contributed by atoms with Crippen LogP contribution in [0.3, 0.4) is 0 Å². The molecule has 4 aromatic heterocycles. The Morgan fingerprint density at radius 2 is 1.23 bits per heavy atom. The lowest BCUT2D eigenvalue weighted by atomic mass is 9.63. The highest BCUT2D eigenvalue weighted by molar-refractivity contribution is 6.21. The van der Waals surface area contributed by atoms with Crippen LogP contribution in [0.25, 0.3) is 93.3 Å². The third kappa shape index (κ3) is 6.88. The van der Waals surface area contributed by atoms with Crippen molar-refractivity contribution in [2.45, 2.75) is 77.2 Å². The second-order valence-electron chi connectivity index (χ2n) is 19.3. The predicted molar refractivity (Wildman–Crippen MR) is 295 cm³/mol. The Bertz CT molecular complexity index is 5020. The third-order valence-corrected chi connectivity index (χ3v) is 13.7. The Morgan fingerprint density at radius 3 is 1.96 bits per heavy atom. The Labute approximate surface area is 441 Å². The molecule has 13 rings (SSSR count). The minimum atomic E-state index is -4.50. The molecule has 0 spiro atoms. The normalized spacial score (nSPS) is 20.6. The van der Waals surface area contributed by atoms with Crippen LogP contribution in [0, 0.1) is 6.33 Å². The second-order valence-corrected chi connectivity index (χ2v) is 19.3. The first-order valence-corrected chi connectivity index (χ1v) is 23.4. The van der Waals surface area contributed by atoms with Gasteiger partial charge in [-0.15, -0.1) is 0 Å². The van der Waals surface area contributed by atoms with Gasteiger partial charge in [0.05, 0.1) is 37.4 Å². The van der Waals surface area contributed by atoms with Crippen LogP contribution >= 0.6 is 0 Å². The van der Waals surface area contributed by atoms with Gasteiger partial charge in [0.25, 0.3) is 6.33 Å². The zero-order valence-electron chi connectivity index (χ0n) is 57.9. The quantitative estimate of drug-likeness (QED) is 0.127. The number of pyridine rings is 1. The van der Waals surface area contributed by atoms with Crippen molar-refractivity contribution in [2.75, 3.05) is 0 Å². The summed E-state index contributed by atoms with van der Waals surface area (Å²) in [6, 6.07) is 47.1. The van der Waals surface area contributed by atoms with Crippen molar-refractivity contribution < 1.29 is 35.3 Å². The summed E-state index contributed by atoms with van der Waals surface area (Å²) in [4.78, 5) is 4.84. The monoisotopic (exact) mass is 940 g/mol. The topological polar surface area (TPSA) is 35.3 Å². The zero-order valence-corrected chi connectivity index (χ0v) is 38.9. The van der Waals surface area contributed by atoms with Gasteiger partial charge in [-0.05, 0) is 138 Å². The van der Waals surface area contributed by atoms with Crippen molar-refractivity contribution in [1.82, 2.24) is 14.0 Å². The number of imidazole rings is 1. The average molecular weight is 940 g/mol. The van der Waals surface area contributed by atoms with Crippen molar-refractivity contribution in [2.24, 2.45) is 0 Å². The maximum absolute atomic E-state index is 10.3. The molecule has 346 valence electrons. The molecule has 0 fully saturated rings. The number of benzene rings is 8. The van der Waals surface area contributed by atoms with Gasteiger partial charge in [0.2, 0.25) is 0 Å². The smallest absolute Gasteiger partial charge is 0.269 e. The van der Waals surface area contributed by atoms with Gasteiger partial charge in [0.1, 0.15) is 17.3 Å². The molecule has 0 saturated heterocycles. The van der Waals surface area contributed by atoms with Crippen molar-refractivity contribution in [1.29, 1.82) is 0 Å². The minimum Gasteiger partial charge on any atom is -0.458 e. The molecule has 12 aromatic rings. The first-order chi connectivity index (χ1) is 42.1. The van der Waals surface area contributed by atoms with Gasteiger partial charge in [-0.25, -0.2) is 4.98 Å². The Hall–Kier alpha value is -8.02. The van der Waals surface area contributed by atoms with Crippen LogP contribution in [-0.4, -0.2) is 14.0 Å². The van der Waals surface area contributed by atoms with Crippen molar-refractivity contribution >= 4 is 70.7 Å². The third-order valence-electron chi connectivity index (χ3n) is 13.7. The number of aromatic nitrogens is 4. The number of rotatable bonds is 5. The highest BCUT2D eigenvalue weighted by Crippen LogP contribution is 2.48. The summed E-state index contributed by atoms with van der Waals surface area (Å²) >= 11 is 0. The van der Waals surface area contributed by atoms with Crippen LogP contribution in [0.5, 0.6) is 11.5 Å². The van der Waals surface area contributed by atoms with Gasteiger partial charge < -0.3 is 4.74 Å². The molecule has 1 aliphatic rings. The van der Waals surface area contributed by atoms with Crippen LogP contribution < -0.4 is 9.30 Å². The largest absolute Gasteiger partial charge is 0.458 e. The van der Waals surface area contributed by atoms with Gasteiger partial charge in [-0.1, -0.05) is 176 Å². The van der Waals surface area contributed by atoms with Gasteiger partial charge in [-0.2, -0.15) is 0 Å². The molecule has 0 N–H and O–H groups in total. The molecule has 0 atom stereocenters. The van der Waals surface area contributed by atoms with E-state index in [2.05, 4.69) is 49.9 Å². The molecule has 0 bridgehead atoms. The SMILES string of the molecule is [2H]c1c([2H])c2c(c([2H])c1-c1cccc3c4ccccc4c4ccccc4c4cccc5c4n([c-][n+]5-c4cccc(Oc5ccc6c7ccccc7n(-c7cc(C(C)(C)C)ccn7)c6c5)c4)c13)C(C([2H])([2H])[2H])(C([2H])([2H])[2H])C([2H])([2H])C([2H])([2H])C2(C([2H])([2H])[2H])C([2H])([2H])[2H]. The number of fused-ring (bicyclic) bond motifs is 11. The standard InChI is InChI=1S/C66H56N4O/c1-64(2,3)43-33-36-67-61(38-43)70-58-27-13-12-23-52(58)53-31-30-46(40-60(53)70)71-45-18-14-17-44(39-45)68-41-69-62-47(42-29-32-56-57(37-42)66(6,7)35-34-65(56,4)5)24-15-25-54(62)50-21-10-8-19-48(50)49-20-9-11-22-51(49)55-26-16-28-59(68)63(55)69/h8-33,36-40H,34-35H2,1-7H3/i4D3,5D3,6D3,7D3,29D,32D,34D2,35D2,37D. The number of ether oxygens (including phenoxy) is 1. The van der Waals surface area contributed by atoms with Crippen LogP contribution in [0.2, 0.25) is 0 Å². The van der Waals surface area contributed by atoms with Crippen LogP contribution in [-0.2, 0) is 16.2 Å². The summed E-state index contributed by atoms with van der Waals surface area (Å²) < 4.78 is 188. The molecular weight excluding hydrogens is 865 g/mol. The minimum absolute atomic E-state index is 0.120. The van der Waals surface area contributed by atoms with E-state index in [1.54, 1.807) is 33.2 Å². The zero-order chi connectivity index (χ0) is 64.6. The summed E-state index contributed by atoms with van der Waals surface area (Å²) in [7, 11) is 0. The Balaban J connectivity index is 1.13. The number of hydrogen-bond acceptors (Lipinski definition) is 2. The molecule has 8 aromatic carbocycles. The maximum atomic E-state index is 10.3. The van der Waals surface area contributed by atoms with E-state index in [1.807, 2.05) is 121 Å². The van der Waals surface area contributed by atoms with Crippen LogP contribution in [0.4, 0.5) is 0 Å². The van der Waals surface area contributed by atoms with Crippen LogP contribution in [0.1, 0.15) is 104 Å². The molecule has 0 amide bonds. The van der Waals surface area contributed by atoms with E-state index in [9.17, 15) is 9.60 Å². The number of para-hydroxylation sites is 3. The molecule has 5 heteroatoms. The van der Waals surface area contributed by atoms with Crippen molar-refractivity contribution in [3.05, 3.63) is 211 Å². The highest BCUT2D eigenvalue weighted by atomic mass is 16.5. The van der Waals surface area contributed by atoms with Gasteiger partial charge >= 0.3 is 0 Å². The lowest BCUT2D eigenvalue weighted by molar-refractivity contribution is -0.572. The lowest BCUT2D eigenvalue weighted by Crippen LogP contribution is -2.33. The van der Waals surface area contributed by atoms with Crippen LogP contribution in [0.15, 0.2) is 188 Å². The molecule has 0 radical (unpaired) electrons. The van der Waals surface area contributed by atoms with E-state index in [-0.39, 0.29) is 16.5 Å². The summed E-state index contributed by atoms with van der Waals surface area (Å²) in [6.07, 6.45) is -3.62. The van der Waals surface area contributed by atoms with Crippen molar-refractivity contribution in [3.63, 3.8) is 0 Å². The van der Waals surface area contributed by atoms with E-state index in [0.29, 0.717) is 49.8 Å². The number of nitrogens with zero attached hydrogens (tertiary/aromatic N) is 4. The molecule has 71 heavy (non-hydrogen) atoms. The Kier molecular flexibility index (Phi) is 6.08. The van der Waals surface area contributed by atoms with Gasteiger partial charge in [0, 0.05) is 45.0 Å². The maximum Gasteiger partial charge on any atom is 0.269 e. The molecule has 4 heterocycles. The van der Waals surface area contributed by atoms with E-state index in [0.717, 1.165) is 44.0 Å². The Morgan fingerprint density at radius 1 is 0.606 bits per heavy atom. The first-order valence-electron chi connectivity index (χ1n) is 32.9. The fourth-order valence-corrected chi connectivity index (χ4v) is 10.3. The fourth-order valence-electron chi connectivity index (χ4n) is 10.3. The first kappa shape index (κ1) is 27.4. The molecule has 0 aliphatic heterocycles. The fraction of sp³-hybridized carbons (Fsp3) is 0.182. The summed E-state index contributed by atoms with van der Waals surface area (Å²) in [5, 5.41) is 5.91. The summed E-state index contributed by atoms with van der Waals surface area (Å²) in [5.41, 5.74) is -8.05. The summed E-state index contributed by atoms with van der Waals surface area (Å²) in [6.45, 7) is -10.4. The lowest BCUT2D eigenvalue weighted by Gasteiger charge is -2.42. The van der Waals surface area contributed by atoms with E-state index in [1.165, 1.54) is 6.07 Å². The van der Waals surface area contributed by atoms with E-state index >= 15 is 0 Å². The average Bonchev–Trinajstić information content (AvgIpc) is 0.813. The predicted octanol–water partition coefficient (Wildman–Crippen LogP) is 16.8. The number of hydrogen-bond donors (Lipinski definition) is 0. The highest BCUT2D eigenvalue weighted by Gasteiger charge is 2.37. The van der Waals surface area contributed by atoms with Gasteiger partial charge in [0.15, 0.2) is 0 Å². The van der Waals surface area contributed by atoms with Gasteiger partial charge in [-0.3, -0.25) is 13.5 Å². The molecule has 1 aliphatic carbocycles. The molecular formula is C66H56N4O. The van der Waals surface area contributed by atoms with E-state index < -0.39 is 85.8 Å². The second kappa shape index (κ2) is 15.7. The molecule has 5 nitrogen and oxygen atoms in total. The van der Waals surface area contributed by atoms with Crippen molar-refractivity contribution in [3.8, 4) is 34.1 Å². The van der Waals surface area contributed by atoms with E-state index in [4.69, 9.17) is 26.2 Å². The molecule has 0 unspecified atom stereocenters.